The monoisotopic (exact) mass is 326 g/mol. The summed E-state index contributed by atoms with van der Waals surface area (Å²) in [5, 5.41) is 14.5. The maximum Gasteiger partial charge on any atom is 0.335 e. The summed E-state index contributed by atoms with van der Waals surface area (Å²) in [6.07, 6.45) is 0. The molecule has 0 aliphatic rings. The number of aromatic carboxylic acids is 1. The third-order valence-corrected chi connectivity index (χ3v) is 3.87. The van der Waals surface area contributed by atoms with Crippen LogP contribution in [-0.2, 0) is 6.54 Å². The van der Waals surface area contributed by atoms with Gasteiger partial charge in [-0.1, -0.05) is 48.9 Å². The number of carboxylic acid groups (broad SMARTS) is 1. The highest BCUT2D eigenvalue weighted by Crippen LogP contribution is 2.14. The van der Waals surface area contributed by atoms with Crippen LogP contribution in [0, 0.1) is 6.92 Å². The third-order valence-electron chi connectivity index (χ3n) is 3.87. The largest absolute Gasteiger partial charge is 0.478 e. The van der Waals surface area contributed by atoms with E-state index >= 15 is 0 Å². The molecule has 0 aliphatic heterocycles. The van der Waals surface area contributed by atoms with Gasteiger partial charge in [-0.25, -0.2) is 9.59 Å². The number of hydrogen-bond donors (Lipinski definition) is 3. The van der Waals surface area contributed by atoms with Crippen molar-refractivity contribution >= 4 is 12.0 Å². The van der Waals surface area contributed by atoms with E-state index in [1.807, 2.05) is 6.92 Å². The first-order valence-corrected chi connectivity index (χ1v) is 7.86. The molecule has 5 heteroatoms. The molecular weight excluding hydrogens is 304 g/mol. The molecule has 0 bridgehead atoms. The minimum atomic E-state index is -0.961. The zero-order valence-corrected chi connectivity index (χ0v) is 13.9. The van der Waals surface area contributed by atoms with Crippen molar-refractivity contribution in [2.45, 2.75) is 26.3 Å². The van der Waals surface area contributed by atoms with E-state index in [-0.39, 0.29) is 17.5 Å². The molecule has 1 atom stereocenters. The van der Waals surface area contributed by atoms with Crippen LogP contribution in [0.4, 0.5) is 4.79 Å². The van der Waals surface area contributed by atoms with Gasteiger partial charge in [0.25, 0.3) is 0 Å². The van der Waals surface area contributed by atoms with Crippen LogP contribution in [0.25, 0.3) is 0 Å². The maximum atomic E-state index is 11.9. The second-order valence-corrected chi connectivity index (χ2v) is 5.88. The van der Waals surface area contributed by atoms with Crippen molar-refractivity contribution in [1.82, 2.24) is 10.6 Å². The highest BCUT2D eigenvalue weighted by molar-refractivity contribution is 5.87. The van der Waals surface area contributed by atoms with Gasteiger partial charge in [0.1, 0.15) is 0 Å². The Balaban J connectivity index is 1.76. The third kappa shape index (κ3) is 5.12. The van der Waals surface area contributed by atoms with Gasteiger partial charge in [-0.05, 0) is 36.1 Å². The first kappa shape index (κ1) is 17.5. The molecule has 1 unspecified atom stereocenters. The fourth-order valence-corrected chi connectivity index (χ4v) is 2.27. The molecular formula is C19H22N2O3. The van der Waals surface area contributed by atoms with E-state index in [4.69, 9.17) is 5.11 Å². The quantitative estimate of drug-likeness (QED) is 0.762. The average molecular weight is 326 g/mol. The lowest BCUT2D eigenvalue weighted by molar-refractivity contribution is 0.0697. The molecule has 0 aliphatic carbocycles. The summed E-state index contributed by atoms with van der Waals surface area (Å²) < 4.78 is 0. The van der Waals surface area contributed by atoms with Crippen LogP contribution in [-0.4, -0.2) is 23.7 Å². The van der Waals surface area contributed by atoms with Gasteiger partial charge in [-0.3, -0.25) is 0 Å². The molecule has 0 heterocycles. The molecule has 126 valence electrons. The zero-order chi connectivity index (χ0) is 17.5. The van der Waals surface area contributed by atoms with Crippen LogP contribution in [0.3, 0.4) is 0 Å². The van der Waals surface area contributed by atoms with E-state index in [0.717, 1.165) is 5.56 Å². The Morgan fingerprint density at radius 1 is 1.00 bits per heavy atom. The number of amides is 2. The van der Waals surface area contributed by atoms with Gasteiger partial charge in [0.2, 0.25) is 0 Å². The molecule has 24 heavy (non-hydrogen) atoms. The van der Waals surface area contributed by atoms with Gasteiger partial charge in [0, 0.05) is 13.1 Å². The molecule has 0 radical (unpaired) electrons. The smallest absolute Gasteiger partial charge is 0.335 e. The minimum absolute atomic E-state index is 0.228. The molecule has 0 saturated heterocycles. The van der Waals surface area contributed by atoms with Crippen molar-refractivity contribution in [2.75, 3.05) is 6.54 Å². The predicted octanol–water partition coefficient (Wildman–Crippen LogP) is 3.30. The number of carbonyl (C=O) groups is 2. The average Bonchev–Trinajstić information content (AvgIpc) is 2.58. The van der Waals surface area contributed by atoms with Crippen molar-refractivity contribution in [3.63, 3.8) is 0 Å². The first-order chi connectivity index (χ1) is 11.5. The van der Waals surface area contributed by atoms with Crippen molar-refractivity contribution < 1.29 is 14.7 Å². The molecule has 5 nitrogen and oxygen atoms in total. The second-order valence-electron chi connectivity index (χ2n) is 5.88. The van der Waals surface area contributed by atoms with Gasteiger partial charge >= 0.3 is 12.0 Å². The van der Waals surface area contributed by atoms with E-state index < -0.39 is 5.97 Å². The van der Waals surface area contributed by atoms with E-state index in [1.165, 1.54) is 23.3 Å². The molecule has 0 saturated carbocycles. The van der Waals surface area contributed by atoms with Crippen molar-refractivity contribution in [3.05, 3.63) is 70.8 Å². The summed E-state index contributed by atoms with van der Waals surface area (Å²) in [5.41, 5.74) is 3.48. The molecule has 2 aromatic rings. The first-order valence-electron chi connectivity index (χ1n) is 7.86. The Kier molecular flexibility index (Phi) is 5.95. The Morgan fingerprint density at radius 3 is 2.21 bits per heavy atom. The van der Waals surface area contributed by atoms with Crippen LogP contribution in [0.5, 0.6) is 0 Å². The van der Waals surface area contributed by atoms with Gasteiger partial charge in [-0.15, -0.1) is 0 Å². The molecule has 2 amide bonds. The number of benzene rings is 2. The molecule has 2 aromatic carbocycles. The van der Waals surface area contributed by atoms with Crippen LogP contribution < -0.4 is 10.6 Å². The van der Waals surface area contributed by atoms with Crippen LogP contribution in [0.2, 0.25) is 0 Å². The highest BCUT2D eigenvalue weighted by Gasteiger charge is 2.08. The van der Waals surface area contributed by atoms with Crippen molar-refractivity contribution in [2.24, 2.45) is 0 Å². The standard InChI is InChI=1S/C19H22N2O3/c1-13-3-7-16(8-4-13)14(2)11-20-19(24)21-12-15-5-9-17(10-6-15)18(22)23/h3-10,14H,11-12H2,1-2H3,(H,22,23)(H2,20,21,24). The SMILES string of the molecule is Cc1ccc(C(C)CNC(=O)NCc2ccc(C(=O)O)cc2)cc1. The minimum Gasteiger partial charge on any atom is -0.478 e. The second kappa shape index (κ2) is 8.15. The van der Waals surface area contributed by atoms with Crippen LogP contribution >= 0.6 is 0 Å². The topological polar surface area (TPSA) is 78.4 Å². The summed E-state index contributed by atoms with van der Waals surface area (Å²) >= 11 is 0. The summed E-state index contributed by atoms with van der Waals surface area (Å²) in [4.78, 5) is 22.6. The lowest BCUT2D eigenvalue weighted by Crippen LogP contribution is -2.37. The van der Waals surface area contributed by atoms with Crippen molar-refractivity contribution in [3.8, 4) is 0 Å². The molecule has 2 rings (SSSR count). The zero-order valence-electron chi connectivity index (χ0n) is 13.9. The molecule has 3 N–H and O–H groups in total. The van der Waals surface area contributed by atoms with Gasteiger partial charge in [0.15, 0.2) is 0 Å². The number of aryl methyl sites for hydroxylation is 1. The summed E-state index contributed by atoms with van der Waals surface area (Å²) in [6.45, 7) is 5.01. The van der Waals surface area contributed by atoms with Crippen molar-refractivity contribution in [1.29, 1.82) is 0 Å². The summed E-state index contributed by atoms with van der Waals surface area (Å²) in [5.74, 6) is -0.733. The lowest BCUT2D eigenvalue weighted by Gasteiger charge is -2.14. The number of nitrogens with one attached hydrogen (secondary N) is 2. The number of carbonyl (C=O) groups excluding carboxylic acids is 1. The molecule has 0 fully saturated rings. The highest BCUT2D eigenvalue weighted by atomic mass is 16.4. The lowest BCUT2D eigenvalue weighted by atomic mass is 10.0. The molecule has 0 spiro atoms. The summed E-state index contributed by atoms with van der Waals surface area (Å²) in [7, 11) is 0. The van der Waals surface area contributed by atoms with Crippen LogP contribution in [0.1, 0.15) is 39.9 Å². The van der Waals surface area contributed by atoms with E-state index in [9.17, 15) is 9.59 Å². The van der Waals surface area contributed by atoms with E-state index in [0.29, 0.717) is 13.1 Å². The predicted molar refractivity (Wildman–Crippen MR) is 93.2 cm³/mol. The van der Waals surface area contributed by atoms with Gasteiger partial charge < -0.3 is 15.7 Å². The number of rotatable bonds is 6. The molecule has 0 aromatic heterocycles. The number of carboxylic acids is 1. The summed E-state index contributed by atoms with van der Waals surface area (Å²) in [6, 6.07) is 14.5. The van der Waals surface area contributed by atoms with Gasteiger partial charge in [0.05, 0.1) is 5.56 Å². The normalized spacial score (nSPS) is 11.6. The Labute approximate surface area is 141 Å². The fraction of sp³-hybridized carbons (Fsp3) is 0.263. The van der Waals surface area contributed by atoms with Crippen LogP contribution in [0.15, 0.2) is 48.5 Å². The number of hydrogen-bond acceptors (Lipinski definition) is 2. The van der Waals surface area contributed by atoms with E-state index in [1.54, 1.807) is 12.1 Å². The Morgan fingerprint density at radius 2 is 1.62 bits per heavy atom. The maximum absolute atomic E-state index is 11.9. The Hall–Kier alpha value is -2.82. The fourth-order valence-electron chi connectivity index (χ4n) is 2.27. The Bertz CT molecular complexity index is 694. The van der Waals surface area contributed by atoms with Gasteiger partial charge in [-0.2, -0.15) is 0 Å². The number of urea groups is 1. The van der Waals surface area contributed by atoms with E-state index in [2.05, 4.69) is 41.8 Å².